The lowest BCUT2D eigenvalue weighted by Gasteiger charge is -2.56. The van der Waals surface area contributed by atoms with E-state index >= 15 is 0 Å². The molecule has 0 amide bonds. The number of hydrogen-bond acceptors (Lipinski definition) is 2. The Morgan fingerprint density at radius 3 is 2.22 bits per heavy atom. The van der Waals surface area contributed by atoms with Crippen LogP contribution in [0.15, 0.2) is 24.3 Å². The number of likely N-dealkylation sites (N-methyl/N-ethyl adjacent to an activating group) is 1. The van der Waals surface area contributed by atoms with Crippen molar-refractivity contribution in [3.63, 3.8) is 0 Å². The highest BCUT2D eigenvalue weighted by Gasteiger charge is 2.42. The Hall–Kier alpha value is -0.570. The summed E-state index contributed by atoms with van der Waals surface area (Å²) in [5, 5.41) is 0.826. The summed E-state index contributed by atoms with van der Waals surface area (Å²) in [6.45, 7) is 7.54. The minimum Gasteiger partial charge on any atom is -0.303 e. The first-order valence-electron chi connectivity index (χ1n) is 6.91. The van der Waals surface area contributed by atoms with Gasteiger partial charge in [-0.15, -0.1) is 0 Å². The molecule has 18 heavy (non-hydrogen) atoms. The summed E-state index contributed by atoms with van der Waals surface area (Å²) in [6, 6.07) is 9.80. The summed E-state index contributed by atoms with van der Waals surface area (Å²) >= 11 is 5.89. The number of halogens is 1. The third-order valence-electron chi connectivity index (χ3n) is 3.81. The Kier molecular flexibility index (Phi) is 4.66. The smallest absolute Gasteiger partial charge is 0.0406 e. The predicted molar refractivity (Wildman–Crippen MR) is 78.0 cm³/mol. The van der Waals surface area contributed by atoms with Crippen molar-refractivity contribution in [1.29, 1.82) is 0 Å². The normalized spacial score (nSPS) is 27.1. The molecule has 2 atom stereocenters. The summed E-state index contributed by atoms with van der Waals surface area (Å²) in [7, 11) is 2.22. The maximum atomic E-state index is 5.89. The van der Waals surface area contributed by atoms with Crippen LogP contribution in [0, 0.1) is 0 Å². The fraction of sp³-hybridized carbons (Fsp3) is 0.600. The first-order chi connectivity index (χ1) is 8.72. The maximum Gasteiger partial charge on any atom is 0.0406 e. The molecule has 1 aromatic rings. The third kappa shape index (κ3) is 2.87. The topological polar surface area (TPSA) is 6.48 Å². The van der Waals surface area contributed by atoms with Gasteiger partial charge in [-0.05, 0) is 31.2 Å². The quantitative estimate of drug-likeness (QED) is 0.811. The number of piperazine rings is 1. The Morgan fingerprint density at radius 1 is 1.11 bits per heavy atom. The van der Waals surface area contributed by atoms with Gasteiger partial charge in [-0.25, -0.2) is 0 Å². The standard InChI is InChI=1S/C13H17ClN2.C2H6/c1-15-8-12-6-13(9-15)16(12)7-10-2-4-11(14)5-3-10;1-2/h2-5,12-13H,6-9H2,1H3;1-2H3. The van der Waals surface area contributed by atoms with Gasteiger partial charge in [0.2, 0.25) is 0 Å². The number of hydrogen-bond donors (Lipinski definition) is 0. The van der Waals surface area contributed by atoms with E-state index < -0.39 is 0 Å². The number of fused-ring (bicyclic) bond motifs is 2. The third-order valence-corrected chi connectivity index (χ3v) is 4.06. The van der Waals surface area contributed by atoms with Crippen molar-refractivity contribution in [1.82, 2.24) is 9.80 Å². The second-order valence-corrected chi connectivity index (χ2v) is 5.50. The molecule has 3 heteroatoms. The highest BCUT2D eigenvalue weighted by Crippen LogP contribution is 2.33. The molecule has 4 rings (SSSR count). The molecular weight excluding hydrogens is 244 g/mol. The minimum atomic E-state index is 0.777. The highest BCUT2D eigenvalue weighted by molar-refractivity contribution is 6.30. The Bertz CT molecular complexity index is 365. The molecule has 3 saturated heterocycles. The molecule has 2 unspecified atom stereocenters. The molecule has 100 valence electrons. The van der Waals surface area contributed by atoms with Gasteiger partial charge >= 0.3 is 0 Å². The molecule has 3 aliphatic rings. The average Bonchev–Trinajstić information content (AvgIpc) is 2.40. The van der Waals surface area contributed by atoms with Crippen LogP contribution in [0.25, 0.3) is 0 Å². The molecule has 0 saturated carbocycles. The number of piperidine rings is 1. The summed E-state index contributed by atoms with van der Waals surface area (Å²) in [5.41, 5.74) is 1.38. The van der Waals surface area contributed by atoms with Crippen molar-refractivity contribution in [2.24, 2.45) is 0 Å². The van der Waals surface area contributed by atoms with Crippen molar-refractivity contribution < 1.29 is 0 Å². The van der Waals surface area contributed by atoms with Gasteiger partial charge in [0.1, 0.15) is 0 Å². The number of rotatable bonds is 2. The van der Waals surface area contributed by atoms with Crippen molar-refractivity contribution in [3.05, 3.63) is 34.9 Å². The van der Waals surface area contributed by atoms with Crippen molar-refractivity contribution in [2.45, 2.75) is 38.9 Å². The van der Waals surface area contributed by atoms with Gasteiger partial charge in [-0.1, -0.05) is 37.6 Å². The van der Waals surface area contributed by atoms with Crippen molar-refractivity contribution in [2.75, 3.05) is 20.1 Å². The van der Waals surface area contributed by atoms with Crippen LogP contribution in [-0.2, 0) is 6.54 Å². The van der Waals surface area contributed by atoms with Crippen LogP contribution in [0.1, 0.15) is 25.8 Å². The largest absolute Gasteiger partial charge is 0.303 e. The molecule has 3 heterocycles. The first kappa shape index (κ1) is 13.9. The van der Waals surface area contributed by atoms with E-state index in [9.17, 15) is 0 Å². The van der Waals surface area contributed by atoms with E-state index in [1.54, 1.807) is 0 Å². The minimum absolute atomic E-state index is 0.777. The maximum absolute atomic E-state index is 5.89. The molecule has 0 radical (unpaired) electrons. The molecule has 2 bridgehead atoms. The first-order valence-corrected chi connectivity index (χ1v) is 7.29. The highest BCUT2D eigenvalue weighted by atomic mass is 35.5. The Labute approximate surface area is 116 Å². The van der Waals surface area contributed by atoms with E-state index in [4.69, 9.17) is 11.6 Å². The van der Waals surface area contributed by atoms with E-state index in [1.165, 1.54) is 25.1 Å². The SMILES string of the molecule is CC.CN1CC2CC(C1)N2Cc1ccc(Cl)cc1. The summed E-state index contributed by atoms with van der Waals surface area (Å²) in [5.74, 6) is 0. The zero-order chi connectivity index (χ0) is 13.1. The second kappa shape index (κ2) is 6.05. The van der Waals surface area contributed by atoms with E-state index in [0.29, 0.717) is 0 Å². The van der Waals surface area contributed by atoms with Crippen LogP contribution in [-0.4, -0.2) is 42.0 Å². The van der Waals surface area contributed by atoms with Crippen LogP contribution in [0.3, 0.4) is 0 Å². The molecular formula is C15H23ClN2. The molecule has 0 aromatic heterocycles. The summed E-state index contributed by atoms with van der Waals surface area (Å²) in [4.78, 5) is 5.07. The summed E-state index contributed by atoms with van der Waals surface area (Å²) < 4.78 is 0. The van der Waals surface area contributed by atoms with Gasteiger partial charge in [0, 0.05) is 36.7 Å². The van der Waals surface area contributed by atoms with E-state index in [0.717, 1.165) is 23.7 Å². The molecule has 0 aliphatic carbocycles. The zero-order valence-corrected chi connectivity index (χ0v) is 12.3. The number of nitrogens with zero attached hydrogens (tertiary/aromatic N) is 2. The molecule has 2 nitrogen and oxygen atoms in total. The Morgan fingerprint density at radius 2 is 1.67 bits per heavy atom. The predicted octanol–water partition coefficient (Wildman–Crippen LogP) is 3.25. The molecule has 3 fully saturated rings. The average molecular weight is 267 g/mol. The van der Waals surface area contributed by atoms with Gasteiger partial charge in [0.05, 0.1) is 0 Å². The van der Waals surface area contributed by atoms with Crippen molar-refractivity contribution in [3.8, 4) is 0 Å². The van der Waals surface area contributed by atoms with Crippen LogP contribution in [0.5, 0.6) is 0 Å². The van der Waals surface area contributed by atoms with Crippen LogP contribution < -0.4 is 0 Å². The van der Waals surface area contributed by atoms with Gasteiger partial charge in [-0.3, -0.25) is 4.90 Å². The molecule has 0 N–H and O–H groups in total. The summed E-state index contributed by atoms with van der Waals surface area (Å²) in [6.07, 6.45) is 1.39. The lowest BCUT2D eigenvalue weighted by molar-refractivity contribution is -0.0668. The number of benzene rings is 1. The van der Waals surface area contributed by atoms with E-state index in [2.05, 4.69) is 29.0 Å². The van der Waals surface area contributed by atoms with Gasteiger partial charge in [0.25, 0.3) is 0 Å². The zero-order valence-electron chi connectivity index (χ0n) is 11.6. The van der Waals surface area contributed by atoms with Gasteiger partial charge < -0.3 is 4.90 Å². The second-order valence-electron chi connectivity index (χ2n) is 5.06. The van der Waals surface area contributed by atoms with Crippen molar-refractivity contribution >= 4 is 11.6 Å². The fourth-order valence-corrected chi connectivity index (χ4v) is 3.08. The lowest BCUT2D eigenvalue weighted by Crippen LogP contribution is -2.67. The molecule has 1 aromatic carbocycles. The van der Waals surface area contributed by atoms with Crippen LogP contribution in [0.2, 0.25) is 5.02 Å². The van der Waals surface area contributed by atoms with Crippen LogP contribution in [0.4, 0.5) is 0 Å². The monoisotopic (exact) mass is 266 g/mol. The van der Waals surface area contributed by atoms with Gasteiger partial charge in [-0.2, -0.15) is 0 Å². The van der Waals surface area contributed by atoms with Gasteiger partial charge in [0.15, 0.2) is 0 Å². The Balaban J connectivity index is 0.000000574. The van der Waals surface area contributed by atoms with Crippen LogP contribution >= 0.6 is 11.6 Å². The molecule has 3 aliphatic heterocycles. The molecule has 0 spiro atoms. The van der Waals surface area contributed by atoms with E-state index in [-0.39, 0.29) is 0 Å². The lowest BCUT2D eigenvalue weighted by atomic mass is 9.87. The van der Waals surface area contributed by atoms with E-state index in [1.807, 2.05) is 26.0 Å². The fourth-order valence-electron chi connectivity index (χ4n) is 2.96.